The van der Waals surface area contributed by atoms with Crippen LogP contribution in [0.15, 0.2) is 24.3 Å². The van der Waals surface area contributed by atoms with Crippen molar-refractivity contribution in [2.75, 3.05) is 18.9 Å². The zero-order valence-electron chi connectivity index (χ0n) is 12.2. The molecule has 0 fully saturated rings. The quantitative estimate of drug-likeness (QED) is 0.817. The maximum Gasteiger partial charge on any atom is 0.184 e. The van der Waals surface area contributed by atoms with Gasteiger partial charge in [-0.15, -0.1) is 5.10 Å². The van der Waals surface area contributed by atoms with E-state index in [1.54, 1.807) is 0 Å². The Morgan fingerprint density at radius 1 is 1.30 bits per heavy atom. The Bertz CT molecular complexity index is 552. The molecule has 0 saturated carbocycles. The van der Waals surface area contributed by atoms with E-state index in [0.717, 1.165) is 5.56 Å². The molecule has 6 heteroatoms. The number of tetrazole rings is 1. The minimum absolute atomic E-state index is 0.0829. The average Bonchev–Trinajstić information content (AvgIpc) is 2.88. The third-order valence-corrected chi connectivity index (χ3v) is 3.27. The van der Waals surface area contributed by atoms with Crippen molar-refractivity contribution in [1.29, 1.82) is 0 Å². The lowest BCUT2D eigenvalue weighted by Gasteiger charge is -2.21. The summed E-state index contributed by atoms with van der Waals surface area (Å²) in [6, 6.07) is 7.68. The molecule has 0 spiro atoms. The molecule has 0 saturated heterocycles. The monoisotopic (exact) mass is 275 g/mol. The second-order valence-corrected chi connectivity index (χ2v) is 5.01. The molecule has 1 unspecified atom stereocenters. The van der Waals surface area contributed by atoms with Crippen molar-refractivity contribution in [2.45, 2.75) is 26.8 Å². The topological polar surface area (TPSA) is 78.8 Å². The number of hydrogen-bond donors (Lipinski definition) is 1. The molecule has 2 aromatic rings. The first-order valence-electron chi connectivity index (χ1n) is 6.85. The molecule has 1 atom stereocenters. The van der Waals surface area contributed by atoms with Crippen molar-refractivity contribution >= 4 is 5.69 Å². The summed E-state index contributed by atoms with van der Waals surface area (Å²) in [4.78, 5) is 0. The van der Waals surface area contributed by atoms with Gasteiger partial charge in [-0.05, 0) is 35.4 Å². The van der Waals surface area contributed by atoms with Crippen LogP contribution in [-0.4, -0.2) is 33.4 Å². The van der Waals surface area contributed by atoms with Crippen molar-refractivity contribution in [1.82, 2.24) is 20.2 Å². The first kappa shape index (κ1) is 14.5. The average molecular weight is 275 g/mol. The fourth-order valence-corrected chi connectivity index (χ4v) is 2.08. The maximum absolute atomic E-state index is 6.02. The summed E-state index contributed by atoms with van der Waals surface area (Å²) in [6.07, 6.45) is 0. The van der Waals surface area contributed by atoms with E-state index in [1.165, 1.54) is 0 Å². The van der Waals surface area contributed by atoms with Gasteiger partial charge in [-0.3, -0.25) is 0 Å². The minimum Gasteiger partial charge on any atom is -0.398 e. The van der Waals surface area contributed by atoms with Gasteiger partial charge in [0.1, 0.15) is 0 Å². The molecule has 6 nitrogen and oxygen atoms in total. The Morgan fingerprint density at radius 2 is 2.05 bits per heavy atom. The van der Waals surface area contributed by atoms with Gasteiger partial charge >= 0.3 is 0 Å². The molecular formula is C14H21N5O. The summed E-state index contributed by atoms with van der Waals surface area (Å²) < 4.78 is 7.37. The Morgan fingerprint density at radius 3 is 2.70 bits per heavy atom. The van der Waals surface area contributed by atoms with Crippen molar-refractivity contribution < 1.29 is 4.74 Å². The van der Waals surface area contributed by atoms with Crippen LogP contribution in [0.2, 0.25) is 0 Å². The molecule has 0 radical (unpaired) electrons. The Hall–Kier alpha value is -1.95. The van der Waals surface area contributed by atoms with Gasteiger partial charge in [0.15, 0.2) is 5.82 Å². The standard InChI is InChI=1S/C14H21N5O/c1-4-20-9-13(10(2)3)19-14(16-17-18-19)11-7-5-6-8-12(11)15/h5-8,10,13H,4,9,15H2,1-3H3. The van der Waals surface area contributed by atoms with E-state index in [-0.39, 0.29) is 6.04 Å². The van der Waals surface area contributed by atoms with Crippen LogP contribution in [0.3, 0.4) is 0 Å². The highest BCUT2D eigenvalue weighted by molar-refractivity contribution is 5.71. The molecule has 108 valence electrons. The second kappa shape index (κ2) is 6.47. The van der Waals surface area contributed by atoms with Crippen LogP contribution in [0.25, 0.3) is 11.4 Å². The largest absolute Gasteiger partial charge is 0.398 e. The highest BCUT2D eigenvalue weighted by atomic mass is 16.5. The molecule has 0 aliphatic rings. The molecule has 2 rings (SSSR count). The van der Waals surface area contributed by atoms with Crippen LogP contribution in [0.5, 0.6) is 0 Å². The second-order valence-electron chi connectivity index (χ2n) is 5.01. The van der Waals surface area contributed by atoms with Gasteiger partial charge in [-0.2, -0.15) is 0 Å². The van der Waals surface area contributed by atoms with Crippen LogP contribution in [0.1, 0.15) is 26.8 Å². The predicted octanol–water partition coefficient (Wildman–Crippen LogP) is 2.16. The van der Waals surface area contributed by atoms with Crippen molar-refractivity contribution in [3.8, 4) is 11.4 Å². The van der Waals surface area contributed by atoms with Crippen LogP contribution in [0, 0.1) is 5.92 Å². The van der Waals surface area contributed by atoms with E-state index >= 15 is 0 Å². The Balaban J connectivity index is 2.38. The fourth-order valence-electron chi connectivity index (χ4n) is 2.08. The Labute approximate surface area is 118 Å². The summed E-state index contributed by atoms with van der Waals surface area (Å²) in [5.41, 5.74) is 7.53. The number of para-hydroxylation sites is 1. The molecule has 0 aliphatic heterocycles. The van der Waals surface area contributed by atoms with Gasteiger partial charge in [0.25, 0.3) is 0 Å². The first-order chi connectivity index (χ1) is 9.65. The van der Waals surface area contributed by atoms with Gasteiger partial charge in [-0.1, -0.05) is 26.0 Å². The van der Waals surface area contributed by atoms with Crippen LogP contribution in [0.4, 0.5) is 5.69 Å². The number of ether oxygens (including phenoxy) is 1. The number of benzene rings is 1. The molecule has 0 aliphatic carbocycles. The number of anilines is 1. The molecule has 20 heavy (non-hydrogen) atoms. The molecular weight excluding hydrogens is 254 g/mol. The maximum atomic E-state index is 6.02. The summed E-state index contributed by atoms with van der Waals surface area (Å²) in [5, 5.41) is 12.1. The van der Waals surface area contributed by atoms with E-state index < -0.39 is 0 Å². The van der Waals surface area contributed by atoms with Crippen molar-refractivity contribution in [2.24, 2.45) is 5.92 Å². The summed E-state index contributed by atoms with van der Waals surface area (Å²) >= 11 is 0. The smallest absolute Gasteiger partial charge is 0.184 e. The summed E-state index contributed by atoms with van der Waals surface area (Å²) in [6.45, 7) is 7.49. The van der Waals surface area contributed by atoms with E-state index in [2.05, 4.69) is 29.4 Å². The van der Waals surface area contributed by atoms with Gasteiger partial charge < -0.3 is 10.5 Å². The van der Waals surface area contributed by atoms with E-state index in [0.29, 0.717) is 30.6 Å². The third kappa shape index (κ3) is 2.96. The highest BCUT2D eigenvalue weighted by Gasteiger charge is 2.22. The van der Waals surface area contributed by atoms with E-state index in [1.807, 2.05) is 35.9 Å². The van der Waals surface area contributed by atoms with Gasteiger partial charge in [0.2, 0.25) is 0 Å². The molecule has 1 aromatic carbocycles. The number of nitrogen functional groups attached to an aromatic ring is 1. The zero-order chi connectivity index (χ0) is 14.5. The normalized spacial score (nSPS) is 12.8. The fraction of sp³-hybridized carbons (Fsp3) is 0.500. The molecule has 2 N–H and O–H groups in total. The lowest BCUT2D eigenvalue weighted by molar-refractivity contribution is 0.0913. The molecule has 1 heterocycles. The highest BCUT2D eigenvalue weighted by Crippen LogP contribution is 2.27. The summed E-state index contributed by atoms with van der Waals surface area (Å²) in [5.74, 6) is 1.04. The predicted molar refractivity (Wildman–Crippen MR) is 78.0 cm³/mol. The van der Waals surface area contributed by atoms with Crippen molar-refractivity contribution in [3.63, 3.8) is 0 Å². The number of nitrogens with zero attached hydrogens (tertiary/aromatic N) is 4. The zero-order valence-corrected chi connectivity index (χ0v) is 12.2. The number of hydrogen-bond acceptors (Lipinski definition) is 5. The van der Waals surface area contributed by atoms with Crippen LogP contribution >= 0.6 is 0 Å². The Kier molecular flexibility index (Phi) is 4.68. The van der Waals surface area contributed by atoms with E-state index in [9.17, 15) is 0 Å². The molecule has 0 amide bonds. The number of nitrogens with two attached hydrogens (primary N) is 1. The van der Waals surface area contributed by atoms with Gasteiger partial charge in [0.05, 0.1) is 12.6 Å². The first-order valence-corrected chi connectivity index (χ1v) is 6.85. The number of rotatable bonds is 6. The molecule has 0 bridgehead atoms. The van der Waals surface area contributed by atoms with Gasteiger partial charge in [0, 0.05) is 17.9 Å². The van der Waals surface area contributed by atoms with E-state index in [4.69, 9.17) is 10.5 Å². The van der Waals surface area contributed by atoms with Gasteiger partial charge in [-0.25, -0.2) is 4.68 Å². The number of aromatic nitrogens is 4. The SMILES string of the molecule is CCOCC(C(C)C)n1nnnc1-c1ccccc1N. The minimum atomic E-state index is 0.0829. The lowest BCUT2D eigenvalue weighted by Crippen LogP contribution is -2.23. The lowest BCUT2D eigenvalue weighted by atomic mass is 10.0. The van der Waals surface area contributed by atoms with Crippen LogP contribution in [-0.2, 0) is 4.74 Å². The van der Waals surface area contributed by atoms with Crippen LogP contribution < -0.4 is 5.73 Å². The van der Waals surface area contributed by atoms with Crippen molar-refractivity contribution in [3.05, 3.63) is 24.3 Å². The third-order valence-electron chi connectivity index (χ3n) is 3.27. The molecule has 1 aromatic heterocycles. The summed E-state index contributed by atoms with van der Waals surface area (Å²) in [7, 11) is 0.